The number of Topliss-reactive ketones (excluding diaryl/α,β-unsaturated/α-hetero) is 1. The highest BCUT2D eigenvalue weighted by Crippen LogP contribution is 2.33. The molecule has 0 heterocycles. The zero-order valence-corrected chi connectivity index (χ0v) is 12.4. The van der Waals surface area contributed by atoms with Gasteiger partial charge in [0.05, 0.1) is 0 Å². The van der Waals surface area contributed by atoms with E-state index in [1.54, 1.807) is 11.8 Å². The summed E-state index contributed by atoms with van der Waals surface area (Å²) in [4.78, 5) is 13.8. The van der Waals surface area contributed by atoms with Crippen LogP contribution in [0.4, 0.5) is 0 Å². The van der Waals surface area contributed by atoms with Gasteiger partial charge in [-0.3, -0.25) is 4.79 Å². The summed E-state index contributed by atoms with van der Waals surface area (Å²) in [5, 5.41) is 0. The summed E-state index contributed by atoms with van der Waals surface area (Å²) in [7, 11) is 0. The first-order valence-electron chi connectivity index (χ1n) is 5.76. The second-order valence-corrected chi connectivity index (χ2v) is 5.80. The Bertz CT molecular complexity index is 549. The van der Waals surface area contributed by atoms with Crippen LogP contribution in [0.25, 0.3) is 0 Å². The standard InChI is InChI=1S/C15H13BrOS/c1-2-14(17)11-7-9-12(10-8-11)18-15-6-4-3-5-13(15)16/h3-10H,2H2,1H3. The molecule has 18 heavy (non-hydrogen) atoms. The normalized spacial score (nSPS) is 10.3. The molecule has 3 heteroatoms. The van der Waals surface area contributed by atoms with Crippen molar-refractivity contribution in [1.29, 1.82) is 0 Å². The van der Waals surface area contributed by atoms with E-state index in [4.69, 9.17) is 0 Å². The van der Waals surface area contributed by atoms with Gasteiger partial charge in [0.1, 0.15) is 0 Å². The molecule has 2 aromatic carbocycles. The quantitative estimate of drug-likeness (QED) is 0.721. The molecule has 0 saturated carbocycles. The lowest BCUT2D eigenvalue weighted by Gasteiger charge is -2.05. The molecule has 0 aliphatic carbocycles. The van der Waals surface area contributed by atoms with Gasteiger partial charge in [0.25, 0.3) is 0 Å². The number of carbonyl (C=O) groups excluding carboxylic acids is 1. The summed E-state index contributed by atoms with van der Waals surface area (Å²) in [6.07, 6.45) is 0.552. The zero-order valence-electron chi connectivity index (χ0n) is 10.0. The Labute approximate surface area is 120 Å². The molecular formula is C15H13BrOS. The average Bonchev–Trinajstić information content (AvgIpc) is 2.41. The topological polar surface area (TPSA) is 17.1 Å². The summed E-state index contributed by atoms with van der Waals surface area (Å²) in [5.41, 5.74) is 0.786. The molecule has 0 aliphatic rings. The van der Waals surface area contributed by atoms with Crippen molar-refractivity contribution in [1.82, 2.24) is 0 Å². The number of ketones is 1. The Balaban J connectivity index is 2.16. The van der Waals surface area contributed by atoms with Gasteiger partial charge < -0.3 is 0 Å². The Kier molecular flexibility index (Phi) is 4.61. The maximum atomic E-state index is 11.5. The molecule has 2 rings (SSSR count). The first kappa shape index (κ1) is 13.4. The first-order valence-corrected chi connectivity index (χ1v) is 7.37. The van der Waals surface area contributed by atoms with E-state index in [0.29, 0.717) is 6.42 Å². The van der Waals surface area contributed by atoms with Crippen LogP contribution in [0.5, 0.6) is 0 Å². The SMILES string of the molecule is CCC(=O)c1ccc(Sc2ccccc2Br)cc1. The predicted octanol–water partition coefficient (Wildman–Crippen LogP) is 5.19. The van der Waals surface area contributed by atoms with E-state index in [1.165, 1.54) is 4.90 Å². The minimum atomic E-state index is 0.187. The molecule has 2 aromatic rings. The van der Waals surface area contributed by atoms with Crippen molar-refractivity contribution in [2.24, 2.45) is 0 Å². The number of carbonyl (C=O) groups is 1. The molecule has 0 bridgehead atoms. The lowest BCUT2D eigenvalue weighted by molar-refractivity contribution is 0.0988. The first-order chi connectivity index (χ1) is 8.70. The van der Waals surface area contributed by atoms with Gasteiger partial charge in [-0.1, -0.05) is 43.0 Å². The van der Waals surface area contributed by atoms with E-state index in [1.807, 2.05) is 49.4 Å². The van der Waals surface area contributed by atoms with Crippen molar-refractivity contribution in [3.8, 4) is 0 Å². The zero-order chi connectivity index (χ0) is 13.0. The van der Waals surface area contributed by atoms with Crippen molar-refractivity contribution in [3.05, 3.63) is 58.6 Å². The Hall–Kier alpha value is -1.06. The fraction of sp³-hybridized carbons (Fsp3) is 0.133. The van der Waals surface area contributed by atoms with E-state index in [0.717, 1.165) is 14.9 Å². The van der Waals surface area contributed by atoms with Crippen molar-refractivity contribution in [2.45, 2.75) is 23.1 Å². The Morgan fingerprint density at radius 2 is 1.78 bits per heavy atom. The lowest BCUT2D eigenvalue weighted by atomic mass is 10.1. The van der Waals surface area contributed by atoms with Crippen molar-refractivity contribution in [2.75, 3.05) is 0 Å². The van der Waals surface area contributed by atoms with Gasteiger partial charge in [-0.15, -0.1) is 0 Å². The number of benzene rings is 2. The third-order valence-corrected chi connectivity index (χ3v) is 4.60. The fourth-order valence-electron chi connectivity index (χ4n) is 1.57. The Morgan fingerprint density at radius 3 is 2.39 bits per heavy atom. The molecule has 1 nitrogen and oxygen atoms in total. The van der Waals surface area contributed by atoms with E-state index >= 15 is 0 Å². The summed E-state index contributed by atoms with van der Waals surface area (Å²) in [6, 6.07) is 15.9. The third kappa shape index (κ3) is 3.24. The fourth-order valence-corrected chi connectivity index (χ4v) is 2.93. The third-order valence-electron chi connectivity index (χ3n) is 2.56. The van der Waals surface area contributed by atoms with E-state index in [9.17, 15) is 4.79 Å². The molecule has 0 amide bonds. The maximum absolute atomic E-state index is 11.5. The van der Waals surface area contributed by atoms with Crippen molar-refractivity contribution >= 4 is 33.5 Å². The molecule has 0 saturated heterocycles. The van der Waals surface area contributed by atoms with Crippen LogP contribution in [0.2, 0.25) is 0 Å². The van der Waals surface area contributed by atoms with E-state index in [-0.39, 0.29) is 5.78 Å². The number of hydrogen-bond acceptors (Lipinski definition) is 2. The second kappa shape index (κ2) is 6.21. The number of halogens is 1. The largest absolute Gasteiger partial charge is 0.294 e. The molecule has 0 radical (unpaired) electrons. The van der Waals surface area contributed by atoms with Gasteiger partial charge >= 0.3 is 0 Å². The lowest BCUT2D eigenvalue weighted by Crippen LogP contribution is -1.95. The average molecular weight is 321 g/mol. The molecule has 0 atom stereocenters. The highest BCUT2D eigenvalue weighted by Gasteiger charge is 2.04. The highest BCUT2D eigenvalue weighted by molar-refractivity contribution is 9.10. The molecule has 0 aliphatic heterocycles. The molecule has 0 spiro atoms. The van der Waals surface area contributed by atoms with E-state index in [2.05, 4.69) is 22.0 Å². The van der Waals surface area contributed by atoms with Crippen LogP contribution in [0.1, 0.15) is 23.7 Å². The Morgan fingerprint density at radius 1 is 1.11 bits per heavy atom. The van der Waals surface area contributed by atoms with Crippen LogP contribution in [-0.4, -0.2) is 5.78 Å². The van der Waals surface area contributed by atoms with E-state index < -0.39 is 0 Å². The summed E-state index contributed by atoms with van der Waals surface area (Å²) < 4.78 is 1.09. The van der Waals surface area contributed by atoms with Crippen molar-refractivity contribution in [3.63, 3.8) is 0 Å². The van der Waals surface area contributed by atoms with Crippen LogP contribution >= 0.6 is 27.7 Å². The molecule has 0 fully saturated rings. The van der Waals surface area contributed by atoms with Gasteiger partial charge in [-0.2, -0.15) is 0 Å². The molecule has 92 valence electrons. The molecule has 0 unspecified atom stereocenters. The molecular weight excluding hydrogens is 308 g/mol. The van der Waals surface area contributed by atoms with Crippen LogP contribution in [-0.2, 0) is 0 Å². The van der Waals surface area contributed by atoms with Gasteiger partial charge in [0.2, 0.25) is 0 Å². The summed E-state index contributed by atoms with van der Waals surface area (Å²) in [5.74, 6) is 0.187. The van der Waals surface area contributed by atoms with Gasteiger partial charge in [0, 0.05) is 26.2 Å². The summed E-state index contributed by atoms with van der Waals surface area (Å²) in [6.45, 7) is 1.88. The monoisotopic (exact) mass is 320 g/mol. The predicted molar refractivity (Wildman–Crippen MR) is 79.3 cm³/mol. The summed E-state index contributed by atoms with van der Waals surface area (Å²) >= 11 is 5.21. The minimum Gasteiger partial charge on any atom is -0.294 e. The number of rotatable bonds is 4. The second-order valence-electron chi connectivity index (χ2n) is 3.83. The van der Waals surface area contributed by atoms with Crippen LogP contribution < -0.4 is 0 Å². The van der Waals surface area contributed by atoms with Crippen LogP contribution in [0, 0.1) is 0 Å². The highest BCUT2D eigenvalue weighted by atomic mass is 79.9. The smallest absolute Gasteiger partial charge is 0.162 e. The maximum Gasteiger partial charge on any atom is 0.162 e. The van der Waals surface area contributed by atoms with Crippen LogP contribution in [0.3, 0.4) is 0 Å². The van der Waals surface area contributed by atoms with Gasteiger partial charge in [-0.25, -0.2) is 0 Å². The number of hydrogen-bond donors (Lipinski definition) is 0. The van der Waals surface area contributed by atoms with Gasteiger partial charge in [0.15, 0.2) is 5.78 Å². The minimum absolute atomic E-state index is 0.187. The van der Waals surface area contributed by atoms with Crippen LogP contribution in [0.15, 0.2) is 62.8 Å². The van der Waals surface area contributed by atoms with Crippen molar-refractivity contribution < 1.29 is 4.79 Å². The van der Waals surface area contributed by atoms with Gasteiger partial charge in [-0.05, 0) is 40.2 Å². The molecule has 0 aromatic heterocycles. The molecule has 0 N–H and O–H groups in total.